The number of fused-ring (bicyclic) bond motifs is 1. The third-order valence-electron chi connectivity index (χ3n) is 7.19. The lowest BCUT2D eigenvalue weighted by atomic mass is 9.78. The normalized spacial score (nSPS) is 33.2. The van der Waals surface area contributed by atoms with Gasteiger partial charge < -0.3 is 25.3 Å². The van der Waals surface area contributed by atoms with Crippen molar-refractivity contribution in [2.24, 2.45) is 11.8 Å². The molecule has 3 fully saturated rings. The summed E-state index contributed by atoms with van der Waals surface area (Å²) in [5, 5.41) is 22.8. The zero-order valence-corrected chi connectivity index (χ0v) is 21.1. The number of nitrogens with zero attached hydrogens (tertiary/aromatic N) is 2. The first kappa shape index (κ1) is 25.4. The zero-order chi connectivity index (χ0) is 24.9. The fraction of sp³-hybridized carbons (Fsp3) is 0.762. The van der Waals surface area contributed by atoms with Crippen molar-refractivity contribution in [2.75, 3.05) is 25.9 Å². The number of aliphatic carboxylic acids is 1. The van der Waals surface area contributed by atoms with E-state index in [-0.39, 0.29) is 34.9 Å². The van der Waals surface area contributed by atoms with Gasteiger partial charge >= 0.3 is 5.97 Å². The molecule has 34 heavy (non-hydrogen) atoms. The number of carbonyl (C=O) groups is 3. The molecule has 6 atom stereocenters. The van der Waals surface area contributed by atoms with Crippen LogP contribution in [0.3, 0.4) is 0 Å². The Morgan fingerprint density at radius 2 is 1.91 bits per heavy atom. The molecule has 0 aromatic carbocycles. The van der Waals surface area contributed by atoms with Gasteiger partial charge in [0.25, 0.3) is 0 Å². The van der Waals surface area contributed by atoms with Crippen LogP contribution in [0.2, 0.25) is 0 Å². The highest BCUT2D eigenvalue weighted by atomic mass is 32.2. The average Bonchev–Trinajstić information content (AvgIpc) is 3.29. The number of aliphatic hydroxyl groups is 1. The van der Waals surface area contributed by atoms with Crippen molar-refractivity contribution < 1.29 is 33.0 Å². The number of likely N-dealkylation sites (tertiary alicyclic amines) is 1. The van der Waals surface area contributed by atoms with E-state index in [0.717, 1.165) is 6.26 Å². The summed E-state index contributed by atoms with van der Waals surface area (Å²) in [4.78, 5) is 41.5. The third-order valence-corrected chi connectivity index (χ3v) is 9.50. The summed E-state index contributed by atoms with van der Waals surface area (Å²) in [5.74, 6) is -2.47. The molecule has 0 aromatic rings. The number of carboxylic acid groups (broad SMARTS) is 1. The van der Waals surface area contributed by atoms with Gasteiger partial charge in [0.2, 0.25) is 21.8 Å². The first-order valence-corrected chi connectivity index (χ1v) is 14.3. The lowest BCUT2D eigenvalue weighted by Crippen LogP contribution is -2.66. The number of hydrogen-bond acceptors (Lipinski definition) is 8. The molecule has 0 aromatic heterocycles. The van der Waals surface area contributed by atoms with Gasteiger partial charge in [0.1, 0.15) is 5.70 Å². The molecular formula is C21H32N4O7S2. The topological polar surface area (TPSA) is 156 Å². The van der Waals surface area contributed by atoms with Gasteiger partial charge in [-0.1, -0.05) is 6.92 Å². The standard InChI is InChI=1S/C21H32N4O7S2/c1-10-16-15(11(2)23-34(3,31)32)20(28)25(16)17(21(29)30)18(10)33-13-8-14(22-9-13)19(27)24-6-4-12(26)5-7-24/h10-16,22-23,26H,4-9H2,1-3H3,(H,29,30)/t10-,11-,13+,14?,15-,16-/m1/s1. The van der Waals surface area contributed by atoms with E-state index in [2.05, 4.69) is 10.0 Å². The lowest BCUT2D eigenvalue weighted by Gasteiger charge is -2.47. The number of carbonyl (C=O) groups excluding carboxylic acids is 2. The summed E-state index contributed by atoms with van der Waals surface area (Å²) >= 11 is 1.40. The van der Waals surface area contributed by atoms with Crippen molar-refractivity contribution >= 4 is 39.6 Å². The summed E-state index contributed by atoms with van der Waals surface area (Å²) < 4.78 is 25.8. The van der Waals surface area contributed by atoms with Crippen LogP contribution in [0, 0.1) is 11.8 Å². The maximum absolute atomic E-state index is 12.9. The summed E-state index contributed by atoms with van der Waals surface area (Å²) in [6.07, 6.45) is 2.35. The van der Waals surface area contributed by atoms with E-state index in [4.69, 9.17) is 0 Å². The first-order valence-electron chi connectivity index (χ1n) is 11.5. The molecule has 0 spiro atoms. The number of aliphatic hydroxyl groups excluding tert-OH is 1. The Morgan fingerprint density at radius 1 is 1.26 bits per heavy atom. The summed E-state index contributed by atoms with van der Waals surface area (Å²) in [6, 6.07) is -1.43. The van der Waals surface area contributed by atoms with Crippen molar-refractivity contribution in [3.8, 4) is 0 Å². The van der Waals surface area contributed by atoms with Crippen LogP contribution in [0.4, 0.5) is 0 Å². The molecule has 3 saturated heterocycles. The minimum Gasteiger partial charge on any atom is -0.477 e. The Morgan fingerprint density at radius 3 is 2.50 bits per heavy atom. The van der Waals surface area contributed by atoms with Crippen molar-refractivity contribution in [1.29, 1.82) is 0 Å². The fourth-order valence-electron chi connectivity index (χ4n) is 5.57. The van der Waals surface area contributed by atoms with Crippen LogP contribution in [-0.4, -0.2) is 102 Å². The van der Waals surface area contributed by atoms with Gasteiger partial charge in [-0.2, -0.15) is 0 Å². The van der Waals surface area contributed by atoms with E-state index >= 15 is 0 Å². The number of hydrogen-bond donors (Lipinski definition) is 4. The number of rotatable bonds is 7. The minimum atomic E-state index is -3.52. The molecule has 11 nitrogen and oxygen atoms in total. The number of nitrogens with one attached hydrogen (secondary N) is 2. The summed E-state index contributed by atoms with van der Waals surface area (Å²) in [5.41, 5.74) is -0.0323. The molecule has 0 aliphatic carbocycles. The molecule has 4 heterocycles. The van der Waals surface area contributed by atoms with Crippen molar-refractivity contribution in [3.05, 3.63) is 10.6 Å². The van der Waals surface area contributed by atoms with E-state index in [0.29, 0.717) is 43.8 Å². The monoisotopic (exact) mass is 516 g/mol. The Balaban J connectivity index is 1.44. The highest BCUT2D eigenvalue weighted by molar-refractivity contribution is 8.03. The molecule has 0 bridgehead atoms. The quantitative estimate of drug-likeness (QED) is 0.316. The predicted molar refractivity (Wildman–Crippen MR) is 125 cm³/mol. The van der Waals surface area contributed by atoms with Crippen molar-refractivity contribution in [1.82, 2.24) is 19.8 Å². The molecule has 2 amide bonds. The Bertz CT molecular complexity index is 1010. The zero-order valence-electron chi connectivity index (χ0n) is 19.4. The van der Waals surface area contributed by atoms with Crippen molar-refractivity contribution in [3.63, 3.8) is 0 Å². The molecule has 4 rings (SSSR count). The van der Waals surface area contributed by atoms with E-state index in [1.54, 1.807) is 11.8 Å². The number of β-lactam (4-membered cyclic amide) rings is 1. The molecule has 1 unspecified atom stereocenters. The number of piperidine rings is 1. The van der Waals surface area contributed by atoms with E-state index in [9.17, 15) is 33.0 Å². The molecule has 4 aliphatic heterocycles. The van der Waals surface area contributed by atoms with E-state index in [1.165, 1.54) is 16.7 Å². The molecule has 0 saturated carbocycles. The third kappa shape index (κ3) is 4.72. The number of sulfonamides is 1. The van der Waals surface area contributed by atoms with Gasteiger partial charge in [-0.25, -0.2) is 17.9 Å². The van der Waals surface area contributed by atoms with Crippen LogP contribution in [-0.2, 0) is 24.4 Å². The van der Waals surface area contributed by atoms with Gasteiger partial charge in [0, 0.05) is 41.7 Å². The van der Waals surface area contributed by atoms with Crippen LogP contribution < -0.4 is 10.0 Å². The van der Waals surface area contributed by atoms with Crippen LogP contribution >= 0.6 is 11.8 Å². The smallest absolute Gasteiger partial charge is 0.353 e. The summed E-state index contributed by atoms with van der Waals surface area (Å²) in [7, 11) is -3.52. The Kier molecular flexibility index (Phi) is 7.04. The van der Waals surface area contributed by atoms with Crippen molar-refractivity contribution in [2.45, 2.75) is 62.6 Å². The molecule has 0 radical (unpaired) electrons. The summed E-state index contributed by atoms with van der Waals surface area (Å²) in [6.45, 7) is 5.08. The maximum Gasteiger partial charge on any atom is 0.353 e. The Labute approximate surface area is 203 Å². The van der Waals surface area contributed by atoms with Crippen LogP contribution in [0.25, 0.3) is 0 Å². The maximum atomic E-state index is 12.9. The van der Waals surface area contributed by atoms with Gasteiger partial charge in [-0.3, -0.25) is 9.59 Å². The highest BCUT2D eigenvalue weighted by Gasteiger charge is 2.60. The molecule has 4 N–H and O–H groups in total. The predicted octanol–water partition coefficient (Wildman–Crippen LogP) is -0.856. The first-order chi connectivity index (χ1) is 15.9. The fourth-order valence-corrected chi connectivity index (χ4v) is 7.88. The number of carboxylic acids is 1. The molecule has 190 valence electrons. The average molecular weight is 517 g/mol. The van der Waals surface area contributed by atoms with E-state index < -0.39 is 39.9 Å². The lowest BCUT2D eigenvalue weighted by molar-refractivity contribution is -0.157. The molecular weight excluding hydrogens is 484 g/mol. The van der Waals surface area contributed by atoms with Crippen LogP contribution in [0.5, 0.6) is 0 Å². The van der Waals surface area contributed by atoms with E-state index in [1.807, 2.05) is 6.92 Å². The van der Waals surface area contributed by atoms with Gasteiger partial charge in [0.15, 0.2) is 0 Å². The second kappa shape index (κ2) is 9.41. The van der Waals surface area contributed by atoms with Crippen LogP contribution in [0.1, 0.15) is 33.1 Å². The second-order valence-electron chi connectivity index (χ2n) is 9.70. The largest absolute Gasteiger partial charge is 0.477 e. The number of thioether (sulfide) groups is 1. The van der Waals surface area contributed by atoms with Gasteiger partial charge in [-0.05, 0) is 26.2 Å². The van der Waals surface area contributed by atoms with Crippen LogP contribution in [0.15, 0.2) is 10.6 Å². The second-order valence-corrected chi connectivity index (χ2v) is 12.8. The van der Waals surface area contributed by atoms with Gasteiger partial charge in [0.05, 0.1) is 30.4 Å². The molecule has 13 heteroatoms. The highest BCUT2D eigenvalue weighted by Crippen LogP contribution is 2.51. The van der Waals surface area contributed by atoms with Gasteiger partial charge in [-0.15, -0.1) is 11.8 Å². The number of amides is 2. The Hall–Kier alpha value is -1.67. The molecule has 4 aliphatic rings. The SMILES string of the molecule is C[C@@H](NS(C)(=O)=O)[C@H]1C(=O)N2C(C(=O)O)=C(S[C@@H]3CNC(C(=O)N4CCC(O)CC4)C3)[C@H](C)[C@H]12. The minimum absolute atomic E-state index is 0.00152.